The van der Waals surface area contributed by atoms with Crippen molar-refractivity contribution < 1.29 is 0 Å². The summed E-state index contributed by atoms with van der Waals surface area (Å²) in [5.41, 5.74) is 5.12. The minimum absolute atomic E-state index is 0.189. The van der Waals surface area contributed by atoms with Crippen LogP contribution in [0.15, 0.2) is 85.2 Å². The summed E-state index contributed by atoms with van der Waals surface area (Å²) >= 11 is 0. The van der Waals surface area contributed by atoms with Gasteiger partial charge in [0, 0.05) is 35.3 Å². The third-order valence-electron chi connectivity index (χ3n) is 5.40. The van der Waals surface area contributed by atoms with Crippen molar-refractivity contribution in [2.24, 2.45) is 0 Å². The van der Waals surface area contributed by atoms with E-state index in [0.717, 1.165) is 23.2 Å². The zero-order valence-electron chi connectivity index (χ0n) is 16.2. The standard InChI is InChI=1S/C25H25N3/c1-25(16-20-10-6-3-7-11-20,17-23(26)14-19-8-4-2-5-9-19)22-15-21-12-13-27-24(21)28-18-22/h2-13,15,18,26H,14,16-17H2,1H3,(H,27,28). The molecule has 0 spiro atoms. The minimum Gasteiger partial charge on any atom is -0.346 e. The Bertz CT molecular complexity index is 1070. The van der Waals surface area contributed by atoms with Crippen molar-refractivity contribution in [1.82, 2.24) is 9.97 Å². The Hall–Kier alpha value is -3.20. The molecule has 0 aliphatic carbocycles. The van der Waals surface area contributed by atoms with E-state index in [2.05, 4.69) is 65.4 Å². The van der Waals surface area contributed by atoms with Crippen LogP contribution in [0, 0.1) is 5.41 Å². The van der Waals surface area contributed by atoms with Crippen LogP contribution in [0.4, 0.5) is 0 Å². The molecule has 3 nitrogen and oxygen atoms in total. The number of nitrogens with zero attached hydrogens (tertiary/aromatic N) is 1. The molecule has 2 aromatic carbocycles. The minimum atomic E-state index is -0.189. The van der Waals surface area contributed by atoms with Gasteiger partial charge in [0.05, 0.1) is 0 Å². The summed E-state index contributed by atoms with van der Waals surface area (Å²) in [6.07, 6.45) is 6.16. The summed E-state index contributed by atoms with van der Waals surface area (Å²) in [7, 11) is 0. The van der Waals surface area contributed by atoms with Crippen LogP contribution in [0.25, 0.3) is 11.0 Å². The molecule has 0 radical (unpaired) electrons. The van der Waals surface area contributed by atoms with E-state index in [1.807, 2.05) is 36.7 Å². The van der Waals surface area contributed by atoms with E-state index >= 15 is 0 Å². The number of benzene rings is 2. The van der Waals surface area contributed by atoms with Gasteiger partial charge in [-0.3, -0.25) is 0 Å². The number of aromatic amines is 1. The second-order valence-corrected chi connectivity index (χ2v) is 7.81. The molecular formula is C25H25N3. The molecule has 0 aliphatic heterocycles. The molecule has 2 heterocycles. The predicted octanol–water partition coefficient (Wildman–Crippen LogP) is 5.72. The Morgan fingerprint density at radius 3 is 2.36 bits per heavy atom. The van der Waals surface area contributed by atoms with Gasteiger partial charge in [0.2, 0.25) is 0 Å². The lowest BCUT2D eigenvalue weighted by Crippen LogP contribution is -2.29. The third-order valence-corrected chi connectivity index (χ3v) is 5.40. The fourth-order valence-corrected chi connectivity index (χ4v) is 3.96. The lowest BCUT2D eigenvalue weighted by Gasteiger charge is -2.31. The van der Waals surface area contributed by atoms with Crippen molar-refractivity contribution in [1.29, 1.82) is 5.41 Å². The van der Waals surface area contributed by atoms with E-state index in [4.69, 9.17) is 5.41 Å². The van der Waals surface area contributed by atoms with Gasteiger partial charge in [-0.15, -0.1) is 0 Å². The Labute approximate surface area is 166 Å². The number of nitrogens with one attached hydrogen (secondary N) is 2. The van der Waals surface area contributed by atoms with Crippen molar-refractivity contribution >= 4 is 16.7 Å². The topological polar surface area (TPSA) is 52.5 Å². The van der Waals surface area contributed by atoms with Gasteiger partial charge in [-0.25, -0.2) is 4.98 Å². The van der Waals surface area contributed by atoms with Gasteiger partial charge in [-0.1, -0.05) is 67.6 Å². The summed E-state index contributed by atoms with van der Waals surface area (Å²) in [5.74, 6) is 0. The molecule has 3 heteroatoms. The first kappa shape index (κ1) is 18.2. The quantitative estimate of drug-likeness (QED) is 0.404. The Morgan fingerprint density at radius 1 is 0.964 bits per heavy atom. The monoisotopic (exact) mass is 367 g/mol. The molecule has 1 unspecified atom stereocenters. The molecule has 2 N–H and O–H groups in total. The summed E-state index contributed by atoms with van der Waals surface area (Å²) in [6.45, 7) is 2.26. The lowest BCUT2D eigenvalue weighted by atomic mass is 9.73. The van der Waals surface area contributed by atoms with Crippen molar-refractivity contribution in [2.45, 2.75) is 31.6 Å². The fraction of sp³-hybridized carbons (Fsp3) is 0.200. The number of aromatic nitrogens is 2. The average Bonchev–Trinajstić information content (AvgIpc) is 3.17. The highest BCUT2D eigenvalue weighted by Crippen LogP contribution is 2.33. The summed E-state index contributed by atoms with van der Waals surface area (Å²) in [5, 5.41) is 9.82. The van der Waals surface area contributed by atoms with Crippen molar-refractivity contribution in [2.75, 3.05) is 0 Å². The summed E-state index contributed by atoms with van der Waals surface area (Å²) in [4.78, 5) is 7.78. The zero-order chi connectivity index (χ0) is 19.4. The Kier molecular flexibility index (Phi) is 5.07. The highest BCUT2D eigenvalue weighted by molar-refractivity contribution is 5.85. The maximum Gasteiger partial charge on any atom is 0.137 e. The van der Waals surface area contributed by atoms with E-state index < -0.39 is 0 Å². The normalized spacial score (nSPS) is 13.3. The Morgan fingerprint density at radius 2 is 1.64 bits per heavy atom. The van der Waals surface area contributed by atoms with Crippen LogP contribution in [-0.4, -0.2) is 15.7 Å². The maximum absolute atomic E-state index is 8.70. The van der Waals surface area contributed by atoms with E-state index in [1.165, 1.54) is 16.7 Å². The molecule has 140 valence electrons. The lowest BCUT2D eigenvalue weighted by molar-refractivity contribution is 0.484. The van der Waals surface area contributed by atoms with Crippen LogP contribution in [0.3, 0.4) is 0 Å². The highest BCUT2D eigenvalue weighted by Gasteiger charge is 2.29. The van der Waals surface area contributed by atoms with Gasteiger partial charge in [-0.2, -0.15) is 0 Å². The van der Waals surface area contributed by atoms with Gasteiger partial charge in [0.1, 0.15) is 5.65 Å². The highest BCUT2D eigenvalue weighted by atomic mass is 14.8. The van der Waals surface area contributed by atoms with Crippen LogP contribution in [0.5, 0.6) is 0 Å². The van der Waals surface area contributed by atoms with Gasteiger partial charge in [-0.05, 0) is 41.7 Å². The molecule has 0 aliphatic rings. The van der Waals surface area contributed by atoms with E-state index in [1.54, 1.807) is 0 Å². The second kappa shape index (κ2) is 7.81. The first-order valence-corrected chi connectivity index (χ1v) is 9.70. The van der Waals surface area contributed by atoms with Crippen molar-refractivity contribution in [3.8, 4) is 0 Å². The van der Waals surface area contributed by atoms with Gasteiger partial charge in [0.25, 0.3) is 0 Å². The predicted molar refractivity (Wildman–Crippen MR) is 116 cm³/mol. The van der Waals surface area contributed by atoms with Crippen LogP contribution < -0.4 is 0 Å². The summed E-state index contributed by atoms with van der Waals surface area (Å²) in [6, 6.07) is 25.1. The van der Waals surface area contributed by atoms with Crippen LogP contribution in [-0.2, 0) is 18.3 Å². The SMILES string of the molecule is CC(CC(=N)Cc1ccccc1)(Cc1ccccc1)c1cnc2[nH]ccc2c1. The smallest absolute Gasteiger partial charge is 0.137 e. The number of rotatable bonds is 7. The van der Waals surface area contributed by atoms with Crippen molar-refractivity contribution in [3.05, 3.63) is 102 Å². The number of hydrogen-bond donors (Lipinski definition) is 2. The molecule has 1 atom stereocenters. The average molecular weight is 367 g/mol. The van der Waals surface area contributed by atoms with Gasteiger partial charge in [0.15, 0.2) is 0 Å². The largest absolute Gasteiger partial charge is 0.346 e. The first-order valence-electron chi connectivity index (χ1n) is 9.70. The van der Waals surface area contributed by atoms with E-state index in [-0.39, 0.29) is 5.41 Å². The molecule has 0 fully saturated rings. The number of fused-ring (bicyclic) bond motifs is 1. The number of hydrogen-bond acceptors (Lipinski definition) is 2. The molecule has 2 aromatic heterocycles. The van der Waals surface area contributed by atoms with E-state index in [9.17, 15) is 0 Å². The van der Waals surface area contributed by atoms with Crippen molar-refractivity contribution in [3.63, 3.8) is 0 Å². The van der Waals surface area contributed by atoms with Crippen LogP contribution in [0.1, 0.15) is 30.0 Å². The maximum atomic E-state index is 8.70. The fourth-order valence-electron chi connectivity index (χ4n) is 3.96. The van der Waals surface area contributed by atoms with Gasteiger partial charge < -0.3 is 10.4 Å². The molecular weight excluding hydrogens is 342 g/mol. The van der Waals surface area contributed by atoms with E-state index in [0.29, 0.717) is 12.8 Å². The van der Waals surface area contributed by atoms with Crippen LogP contribution in [0.2, 0.25) is 0 Å². The second-order valence-electron chi connectivity index (χ2n) is 7.81. The number of H-pyrrole nitrogens is 1. The zero-order valence-corrected chi connectivity index (χ0v) is 16.2. The molecule has 0 saturated heterocycles. The molecule has 0 amide bonds. The summed E-state index contributed by atoms with van der Waals surface area (Å²) < 4.78 is 0. The van der Waals surface area contributed by atoms with Gasteiger partial charge >= 0.3 is 0 Å². The Balaban J connectivity index is 1.65. The molecule has 28 heavy (non-hydrogen) atoms. The molecule has 0 saturated carbocycles. The molecule has 0 bridgehead atoms. The number of pyridine rings is 1. The first-order chi connectivity index (χ1) is 13.6. The third kappa shape index (κ3) is 4.04. The molecule has 4 aromatic rings. The van der Waals surface area contributed by atoms with Crippen LogP contribution >= 0.6 is 0 Å². The molecule has 4 rings (SSSR count).